The van der Waals surface area contributed by atoms with E-state index in [9.17, 15) is 4.39 Å². The zero-order valence-electron chi connectivity index (χ0n) is 9.63. The lowest BCUT2D eigenvalue weighted by Crippen LogP contribution is -2.25. The average Bonchev–Trinajstić information content (AvgIpc) is 2.84. The number of nitrogens with one attached hydrogen (secondary N) is 1. The first-order chi connectivity index (χ1) is 8.22. The second-order valence-corrected chi connectivity index (χ2v) is 5.53. The highest BCUT2D eigenvalue weighted by Gasteiger charge is 2.35. The lowest BCUT2D eigenvalue weighted by atomic mass is 10.0. The van der Waals surface area contributed by atoms with E-state index < -0.39 is 0 Å². The Morgan fingerprint density at radius 3 is 2.65 bits per heavy atom. The Kier molecular flexibility index (Phi) is 3.07. The molecule has 2 aliphatic rings. The number of nitrogens with zero attached hydrogens (tertiary/aromatic N) is 1. The van der Waals surface area contributed by atoms with Crippen molar-refractivity contribution < 1.29 is 4.39 Å². The minimum Gasteiger partial charge on any atom is -0.316 e. The van der Waals surface area contributed by atoms with E-state index in [-0.39, 0.29) is 10.8 Å². The molecule has 2 saturated heterocycles. The summed E-state index contributed by atoms with van der Waals surface area (Å²) in [6, 6.07) is 5.11. The van der Waals surface area contributed by atoms with Gasteiger partial charge >= 0.3 is 0 Å². The molecular weight excluding hydrogens is 239 g/mol. The highest BCUT2D eigenvalue weighted by molar-refractivity contribution is 6.30. The first kappa shape index (κ1) is 11.5. The van der Waals surface area contributed by atoms with Crippen LogP contribution in [0.15, 0.2) is 18.2 Å². The standard InChI is InChI=1S/C13H16ClFN2/c14-12-2-1-9(3-13(12)15)6-17-7-10-4-16-5-11(10)8-17/h1-3,10-11,16H,4-8H2/t10-,11+. The topological polar surface area (TPSA) is 15.3 Å². The van der Waals surface area contributed by atoms with Gasteiger partial charge in [0.1, 0.15) is 5.82 Å². The molecule has 0 aliphatic carbocycles. The highest BCUT2D eigenvalue weighted by atomic mass is 35.5. The number of fused-ring (bicyclic) bond motifs is 1. The Bertz CT molecular complexity index is 412. The van der Waals surface area contributed by atoms with Crippen molar-refractivity contribution in [1.82, 2.24) is 10.2 Å². The normalized spacial score (nSPS) is 28.6. The quantitative estimate of drug-likeness (QED) is 0.870. The summed E-state index contributed by atoms with van der Waals surface area (Å²) in [6.45, 7) is 5.36. The molecule has 0 unspecified atom stereocenters. The van der Waals surface area contributed by atoms with Gasteiger partial charge in [0, 0.05) is 19.6 Å². The van der Waals surface area contributed by atoms with E-state index in [1.807, 2.05) is 6.07 Å². The largest absolute Gasteiger partial charge is 0.316 e. The van der Waals surface area contributed by atoms with Gasteiger partial charge in [-0.15, -0.1) is 0 Å². The van der Waals surface area contributed by atoms with Crippen LogP contribution < -0.4 is 5.32 Å². The lowest BCUT2D eigenvalue weighted by molar-refractivity contribution is 0.305. The Balaban J connectivity index is 1.65. The lowest BCUT2D eigenvalue weighted by Gasteiger charge is -2.17. The van der Waals surface area contributed by atoms with Gasteiger partial charge in [0.2, 0.25) is 0 Å². The Morgan fingerprint density at radius 2 is 2.00 bits per heavy atom. The molecule has 2 aliphatic heterocycles. The maximum absolute atomic E-state index is 13.3. The minimum absolute atomic E-state index is 0.205. The number of halogens is 2. The van der Waals surface area contributed by atoms with Gasteiger partial charge in [-0.1, -0.05) is 17.7 Å². The molecule has 0 aromatic heterocycles. The van der Waals surface area contributed by atoms with E-state index in [4.69, 9.17) is 11.6 Å². The van der Waals surface area contributed by atoms with E-state index in [1.54, 1.807) is 12.1 Å². The van der Waals surface area contributed by atoms with E-state index in [2.05, 4.69) is 10.2 Å². The highest BCUT2D eigenvalue weighted by Crippen LogP contribution is 2.27. The fourth-order valence-corrected chi connectivity index (χ4v) is 3.10. The van der Waals surface area contributed by atoms with Gasteiger partial charge in [-0.3, -0.25) is 4.90 Å². The fraction of sp³-hybridized carbons (Fsp3) is 0.538. The molecule has 1 aromatic rings. The van der Waals surface area contributed by atoms with Crippen molar-refractivity contribution in [2.75, 3.05) is 26.2 Å². The van der Waals surface area contributed by atoms with Crippen molar-refractivity contribution in [3.63, 3.8) is 0 Å². The van der Waals surface area contributed by atoms with Crippen LogP contribution in [0.4, 0.5) is 4.39 Å². The minimum atomic E-state index is -0.315. The van der Waals surface area contributed by atoms with Crippen LogP contribution >= 0.6 is 11.6 Å². The molecule has 0 saturated carbocycles. The summed E-state index contributed by atoms with van der Waals surface area (Å²) in [6.07, 6.45) is 0. The monoisotopic (exact) mass is 254 g/mol. The first-order valence-corrected chi connectivity index (χ1v) is 6.47. The second kappa shape index (κ2) is 4.56. The van der Waals surface area contributed by atoms with Gasteiger partial charge in [0.25, 0.3) is 0 Å². The van der Waals surface area contributed by atoms with Gasteiger partial charge in [-0.05, 0) is 42.6 Å². The SMILES string of the molecule is Fc1cc(CN2C[C@H]3CNC[C@H]3C2)ccc1Cl. The third-order valence-corrected chi connectivity index (χ3v) is 4.16. The summed E-state index contributed by atoms with van der Waals surface area (Å²) in [5, 5.41) is 3.63. The van der Waals surface area contributed by atoms with Crippen LogP contribution in [-0.4, -0.2) is 31.1 Å². The van der Waals surface area contributed by atoms with Crippen molar-refractivity contribution in [3.05, 3.63) is 34.6 Å². The zero-order valence-corrected chi connectivity index (χ0v) is 10.4. The van der Waals surface area contributed by atoms with E-state index in [0.717, 1.165) is 50.1 Å². The molecule has 1 N–H and O–H groups in total. The molecule has 2 fully saturated rings. The maximum atomic E-state index is 13.3. The Labute approximate surface area is 106 Å². The van der Waals surface area contributed by atoms with Gasteiger partial charge < -0.3 is 5.32 Å². The summed E-state index contributed by atoms with van der Waals surface area (Å²) in [5.74, 6) is 1.25. The van der Waals surface area contributed by atoms with Crippen LogP contribution in [0.25, 0.3) is 0 Å². The molecule has 2 atom stereocenters. The number of benzene rings is 1. The van der Waals surface area contributed by atoms with Gasteiger partial charge in [-0.2, -0.15) is 0 Å². The summed E-state index contributed by atoms with van der Waals surface area (Å²) < 4.78 is 13.3. The van der Waals surface area contributed by atoms with Crippen LogP contribution in [0.5, 0.6) is 0 Å². The van der Waals surface area contributed by atoms with Crippen molar-refractivity contribution >= 4 is 11.6 Å². The molecule has 2 heterocycles. The Morgan fingerprint density at radius 1 is 1.29 bits per heavy atom. The molecule has 0 bridgehead atoms. The molecule has 2 nitrogen and oxygen atoms in total. The first-order valence-electron chi connectivity index (χ1n) is 6.09. The van der Waals surface area contributed by atoms with Crippen LogP contribution in [0.3, 0.4) is 0 Å². The molecule has 4 heteroatoms. The molecule has 0 amide bonds. The van der Waals surface area contributed by atoms with Gasteiger partial charge in [0.15, 0.2) is 0 Å². The molecule has 0 radical (unpaired) electrons. The maximum Gasteiger partial charge on any atom is 0.142 e. The molecule has 92 valence electrons. The predicted molar refractivity (Wildman–Crippen MR) is 66.5 cm³/mol. The van der Waals surface area contributed by atoms with E-state index >= 15 is 0 Å². The van der Waals surface area contributed by atoms with Gasteiger partial charge in [-0.25, -0.2) is 4.39 Å². The molecule has 3 rings (SSSR count). The summed E-state index contributed by atoms with van der Waals surface area (Å²) in [7, 11) is 0. The summed E-state index contributed by atoms with van der Waals surface area (Å²) >= 11 is 5.68. The summed E-state index contributed by atoms with van der Waals surface area (Å²) in [5.41, 5.74) is 1.01. The predicted octanol–water partition coefficient (Wildman–Crippen LogP) is 2.13. The van der Waals surface area contributed by atoms with Crippen LogP contribution in [-0.2, 0) is 6.54 Å². The zero-order chi connectivity index (χ0) is 11.8. The number of rotatable bonds is 2. The van der Waals surface area contributed by atoms with Crippen molar-refractivity contribution in [2.24, 2.45) is 11.8 Å². The van der Waals surface area contributed by atoms with E-state index in [1.165, 1.54) is 0 Å². The summed E-state index contributed by atoms with van der Waals surface area (Å²) in [4.78, 5) is 2.42. The smallest absolute Gasteiger partial charge is 0.142 e. The van der Waals surface area contributed by atoms with Crippen LogP contribution in [0.2, 0.25) is 5.02 Å². The molecule has 0 spiro atoms. The van der Waals surface area contributed by atoms with Crippen molar-refractivity contribution in [2.45, 2.75) is 6.54 Å². The van der Waals surface area contributed by atoms with Crippen molar-refractivity contribution in [3.8, 4) is 0 Å². The third-order valence-electron chi connectivity index (χ3n) is 3.86. The van der Waals surface area contributed by atoms with Gasteiger partial charge in [0.05, 0.1) is 5.02 Å². The Hall–Kier alpha value is -0.640. The number of hydrogen-bond acceptors (Lipinski definition) is 2. The van der Waals surface area contributed by atoms with E-state index in [0.29, 0.717) is 0 Å². The second-order valence-electron chi connectivity index (χ2n) is 5.12. The van der Waals surface area contributed by atoms with Crippen LogP contribution in [0.1, 0.15) is 5.56 Å². The number of likely N-dealkylation sites (tertiary alicyclic amines) is 1. The van der Waals surface area contributed by atoms with Crippen molar-refractivity contribution in [1.29, 1.82) is 0 Å². The fourth-order valence-electron chi connectivity index (χ4n) is 2.98. The molecule has 1 aromatic carbocycles. The van der Waals surface area contributed by atoms with Crippen LogP contribution in [0, 0.1) is 17.7 Å². The molecule has 17 heavy (non-hydrogen) atoms. The number of hydrogen-bond donors (Lipinski definition) is 1. The molecular formula is C13H16ClFN2. The third kappa shape index (κ3) is 2.32. The average molecular weight is 255 g/mol.